The highest BCUT2D eigenvalue weighted by molar-refractivity contribution is 7.85. The highest BCUT2D eigenvalue weighted by Crippen LogP contribution is 2.13. The number of aliphatic hydroxyl groups excluding tert-OH is 1. The Bertz CT molecular complexity index is 452. The van der Waals surface area contributed by atoms with Crippen LogP contribution in [0.3, 0.4) is 0 Å². The molecule has 1 unspecified atom stereocenters. The zero-order valence-electron chi connectivity index (χ0n) is 8.50. The van der Waals surface area contributed by atoms with Crippen LogP contribution in [0.4, 0.5) is 5.69 Å². The monoisotopic (exact) mass is 243 g/mol. The number of aliphatic hydroxyl groups is 1. The minimum atomic E-state index is -4.15. The second kappa shape index (κ2) is 5.11. The zero-order valence-corrected chi connectivity index (χ0v) is 9.31. The van der Waals surface area contributed by atoms with Crippen LogP contribution in [0.2, 0.25) is 0 Å². The summed E-state index contributed by atoms with van der Waals surface area (Å²) in [6.45, 7) is 3.70. The van der Waals surface area contributed by atoms with Gasteiger partial charge in [-0.25, -0.2) is 0 Å². The lowest BCUT2D eigenvalue weighted by Gasteiger charge is -2.08. The number of benzene rings is 1. The van der Waals surface area contributed by atoms with Crippen molar-refractivity contribution in [2.45, 2.75) is 11.0 Å². The van der Waals surface area contributed by atoms with Gasteiger partial charge in [0, 0.05) is 12.2 Å². The van der Waals surface area contributed by atoms with E-state index in [0.29, 0.717) is 5.69 Å². The van der Waals surface area contributed by atoms with Crippen molar-refractivity contribution in [3.05, 3.63) is 36.9 Å². The van der Waals surface area contributed by atoms with Gasteiger partial charge >= 0.3 is 0 Å². The molecule has 1 aromatic carbocycles. The average Bonchev–Trinajstić information content (AvgIpc) is 2.25. The molecule has 1 aromatic rings. The molecule has 3 N–H and O–H groups in total. The highest BCUT2D eigenvalue weighted by atomic mass is 32.2. The van der Waals surface area contributed by atoms with Gasteiger partial charge in [-0.05, 0) is 24.3 Å². The minimum Gasteiger partial charge on any atom is -0.387 e. The summed E-state index contributed by atoms with van der Waals surface area (Å²) in [5.74, 6) is 0. The van der Waals surface area contributed by atoms with Crippen LogP contribution in [0, 0.1) is 0 Å². The normalized spacial score (nSPS) is 13.1. The van der Waals surface area contributed by atoms with Crippen molar-refractivity contribution in [3.8, 4) is 0 Å². The molecule has 0 radical (unpaired) electrons. The van der Waals surface area contributed by atoms with Crippen molar-refractivity contribution >= 4 is 15.8 Å². The predicted molar refractivity (Wildman–Crippen MR) is 61.0 cm³/mol. The lowest BCUT2D eigenvalue weighted by Crippen LogP contribution is -2.16. The molecular formula is C10H13NO4S. The minimum absolute atomic E-state index is 0.165. The molecule has 1 atom stereocenters. The highest BCUT2D eigenvalue weighted by Gasteiger charge is 2.08. The van der Waals surface area contributed by atoms with Crippen LogP contribution in [0.25, 0.3) is 0 Å². The lowest BCUT2D eigenvalue weighted by molar-refractivity contribution is 0.237. The van der Waals surface area contributed by atoms with Gasteiger partial charge in [-0.15, -0.1) is 6.58 Å². The van der Waals surface area contributed by atoms with Crippen LogP contribution in [0.5, 0.6) is 0 Å². The number of rotatable bonds is 5. The molecule has 0 amide bonds. The summed E-state index contributed by atoms with van der Waals surface area (Å²) >= 11 is 0. The molecule has 0 aliphatic rings. The third-order valence-corrected chi connectivity index (χ3v) is 2.81. The van der Waals surface area contributed by atoms with Crippen molar-refractivity contribution in [2.24, 2.45) is 0 Å². The van der Waals surface area contributed by atoms with Gasteiger partial charge < -0.3 is 10.4 Å². The van der Waals surface area contributed by atoms with E-state index in [-0.39, 0.29) is 11.4 Å². The molecule has 16 heavy (non-hydrogen) atoms. The van der Waals surface area contributed by atoms with E-state index >= 15 is 0 Å². The first-order valence-electron chi connectivity index (χ1n) is 4.55. The van der Waals surface area contributed by atoms with Crippen LogP contribution in [-0.4, -0.2) is 30.7 Å². The average molecular weight is 243 g/mol. The third kappa shape index (κ3) is 3.65. The van der Waals surface area contributed by atoms with E-state index in [2.05, 4.69) is 11.9 Å². The summed E-state index contributed by atoms with van der Waals surface area (Å²) in [5.41, 5.74) is 0.647. The van der Waals surface area contributed by atoms with E-state index in [1.807, 2.05) is 0 Å². The SMILES string of the molecule is C=CC(O)CNc1ccc(S(=O)(=O)O)cc1. The Kier molecular flexibility index (Phi) is 4.05. The van der Waals surface area contributed by atoms with Gasteiger partial charge in [0.05, 0.1) is 11.0 Å². The van der Waals surface area contributed by atoms with E-state index in [0.717, 1.165) is 0 Å². The molecule has 0 aliphatic heterocycles. The lowest BCUT2D eigenvalue weighted by atomic mass is 10.3. The Morgan fingerprint density at radius 3 is 2.38 bits per heavy atom. The van der Waals surface area contributed by atoms with Gasteiger partial charge in [0.2, 0.25) is 0 Å². The number of hydrogen-bond acceptors (Lipinski definition) is 4. The van der Waals surface area contributed by atoms with Crippen LogP contribution in [0.1, 0.15) is 0 Å². The van der Waals surface area contributed by atoms with Gasteiger partial charge in [0.1, 0.15) is 0 Å². The molecular weight excluding hydrogens is 230 g/mol. The van der Waals surface area contributed by atoms with E-state index in [4.69, 9.17) is 4.55 Å². The summed E-state index contributed by atoms with van der Waals surface area (Å²) in [6, 6.07) is 5.55. The molecule has 0 heterocycles. The van der Waals surface area contributed by atoms with E-state index in [1.54, 1.807) is 0 Å². The largest absolute Gasteiger partial charge is 0.387 e. The maximum absolute atomic E-state index is 10.7. The van der Waals surface area contributed by atoms with Crippen molar-refractivity contribution in [3.63, 3.8) is 0 Å². The smallest absolute Gasteiger partial charge is 0.294 e. The second-order valence-corrected chi connectivity index (χ2v) is 4.60. The number of hydrogen-bond donors (Lipinski definition) is 3. The fraction of sp³-hybridized carbons (Fsp3) is 0.200. The van der Waals surface area contributed by atoms with Crippen LogP contribution < -0.4 is 5.32 Å². The Hall–Kier alpha value is -1.37. The molecule has 0 fully saturated rings. The van der Waals surface area contributed by atoms with Gasteiger partial charge in [0.15, 0.2) is 0 Å². The number of anilines is 1. The van der Waals surface area contributed by atoms with Crippen molar-refractivity contribution in [2.75, 3.05) is 11.9 Å². The first-order chi connectivity index (χ1) is 7.43. The van der Waals surface area contributed by atoms with Crippen LogP contribution in [-0.2, 0) is 10.1 Å². The van der Waals surface area contributed by atoms with Gasteiger partial charge in [-0.1, -0.05) is 6.08 Å². The molecule has 6 heteroatoms. The van der Waals surface area contributed by atoms with Gasteiger partial charge in [-0.2, -0.15) is 8.42 Å². The quantitative estimate of drug-likeness (QED) is 0.528. The van der Waals surface area contributed by atoms with Crippen molar-refractivity contribution in [1.82, 2.24) is 0 Å². The molecule has 0 saturated carbocycles. The fourth-order valence-corrected chi connectivity index (χ4v) is 1.53. The summed E-state index contributed by atoms with van der Waals surface area (Å²) in [6.07, 6.45) is 0.723. The Labute approximate surface area is 94.2 Å². The van der Waals surface area contributed by atoms with Crippen LogP contribution in [0.15, 0.2) is 41.8 Å². The maximum atomic E-state index is 10.7. The first kappa shape index (κ1) is 12.7. The van der Waals surface area contributed by atoms with Crippen LogP contribution >= 0.6 is 0 Å². The maximum Gasteiger partial charge on any atom is 0.294 e. The molecule has 88 valence electrons. The van der Waals surface area contributed by atoms with E-state index < -0.39 is 16.2 Å². The molecule has 0 spiro atoms. The van der Waals surface area contributed by atoms with Crippen molar-refractivity contribution < 1.29 is 18.1 Å². The fourth-order valence-electron chi connectivity index (χ4n) is 1.05. The van der Waals surface area contributed by atoms with Gasteiger partial charge in [-0.3, -0.25) is 4.55 Å². The number of nitrogens with one attached hydrogen (secondary N) is 1. The molecule has 5 nitrogen and oxygen atoms in total. The predicted octanol–water partition coefficient (Wildman–Crippen LogP) is 0.892. The van der Waals surface area contributed by atoms with Gasteiger partial charge in [0.25, 0.3) is 10.1 Å². The summed E-state index contributed by atoms with van der Waals surface area (Å²) < 4.78 is 30.2. The van der Waals surface area contributed by atoms with Crippen molar-refractivity contribution in [1.29, 1.82) is 0 Å². The Morgan fingerprint density at radius 2 is 1.94 bits per heavy atom. The van der Waals surface area contributed by atoms with E-state index in [1.165, 1.54) is 30.3 Å². The standard InChI is InChI=1S/C10H13NO4S/c1-2-9(12)7-11-8-3-5-10(6-4-8)16(13,14)15/h2-6,9,11-12H,1,7H2,(H,13,14,15). The first-order valence-corrected chi connectivity index (χ1v) is 5.99. The van der Waals surface area contributed by atoms with E-state index in [9.17, 15) is 13.5 Å². The summed E-state index contributed by atoms with van der Waals surface area (Å²) in [7, 11) is -4.15. The third-order valence-electron chi connectivity index (χ3n) is 1.94. The zero-order chi connectivity index (χ0) is 12.2. The topological polar surface area (TPSA) is 86.6 Å². The molecule has 0 bridgehead atoms. The second-order valence-electron chi connectivity index (χ2n) is 3.18. The Balaban J connectivity index is 2.69. The summed E-state index contributed by atoms with van der Waals surface area (Å²) in [5, 5.41) is 12.1. The molecule has 0 aliphatic carbocycles. The summed E-state index contributed by atoms with van der Waals surface area (Å²) in [4.78, 5) is -0.165. The molecule has 0 aromatic heterocycles. The molecule has 1 rings (SSSR count). The Morgan fingerprint density at radius 1 is 1.38 bits per heavy atom. The molecule has 0 saturated heterocycles.